The zero-order valence-corrected chi connectivity index (χ0v) is 7.79. The minimum absolute atomic E-state index is 0.264. The van der Waals surface area contributed by atoms with E-state index < -0.39 is 5.41 Å². The SMILES string of the molecule is C=CCC(C#N)(C#N)C1CCCC1. The second kappa shape index (κ2) is 4.10. The first-order valence-corrected chi connectivity index (χ1v) is 4.72. The van der Waals surface area contributed by atoms with Gasteiger partial charge in [-0.05, 0) is 25.2 Å². The van der Waals surface area contributed by atoms with E-state index in [2.05, 4.69) is 18.7 Å². The average Bonchev–Trinajstić information content (AvgIpc) is 2.68. The lowest BCUT2D eigenvalue weighted by Crippen LogP contribution is -2.24. The molecular weight excluding hydrogens is 160 g/mol. The third kappa shape index (κ3) is 1.73. The number of nitrogens with zero attached hydrogens (tertiary/aromatic N) is 2. The van der Waals surface area contributed by atoms with Crippen molar-refractivity contribution in [3.63, 3.8) is 0 Å². The fraction of sp³-hybridized carbons (Fsp3) is 0.636. The lowest BCUT2D eigenvalue weighted by molar-refractivity contribution is 0.326. The maximum atomic E-state index is 9.05. The van der Waals surface area contributed by atoms with Crippen LogP contribution < -0.4 is 0 Å². The van der Waals surface area contributed by atoms with Crippen LogP contribution in [0.3, 0.4) is 0 Å². The van der Waals surface area contributed by atoms with Crippen molar-refractivity contribution >= 4 is 0 Å². The first-order valence-electron chi connectivity index (χ1n) is 4.72. The standard InChI is InChI=1S/C11H14N2/c1-2-7-11(8-12,9-13)10-5-3-4-6-10/h2,10H,1,3-7H2. The molecule has 0 bridgehead atoms. The topological polar surface area (TPSA) is 47.6 Å². The van der Waals surface area contributed by atoms with Gasteiger partial charge in [-0.25, -0.2) is 0 Å². The van der Waals surface area contributed by atoms with Crippen LogP contribution in [-0.2, 0) is 0 Å². The summed E-state index contributed by atoms with van der Waals surface area (Å²) in [6.07, 6.45) is 6.55. The third-order valence-corrected chi connectivity index (χ3v) is 2.92. The van der Waals surface area contributed by atoms with Gasteiger partial charge in [0.25, 0.3) is 0 Å². The van der Waals surface area contributed by atoms with Gasteiger partial charge in [-0.2, -0.15) is 10.5 Å². The van der Waals surface area contributed by atoms with Crippen LogP contribution in [0.1, 0.15) is 32.1 Å². The van der Waals surface area contributed by atoms with Crippen LogP contribution in [0.25, 0.3) is 0 Å². The summed E-state index contributed by atoms with van der Waals surface area (Å²) >= 11 is 0. The predicted octanol–water partition coefficient (Wildman–Crippen LogP) is 2.79. The molecule has 13 heavy (non-hydrogen) atoms. The van der Waals surface area contributed by atoms with Gasteiger partial charge in [-0.3, -0.25) is 0 Å². The Morgan fingerprint density at radius 3 is 2.23 bits per heavy atom. The lowest BCUT2D eigenvalue weighted by atomic mass is 9.74. The van der Waals surface area contributed by atoms with Gasteiger partial charge in [0.2, 0.25) is 0 Å². The Balaban J connectivity index is 2.83. The second-order valence-electron chi connectivity index (χ2n) is 3.67. The van der Waals surface area contributed by atoms with E-state index in [9.17, 15) is 0 Å². The molecule has 0 atom stereocenters. The molecule has 0 aromatic heterocycles. The van der Waals surface area contributed by atoms with E-state index in [0.29, 0.717) is 6.42 Å². The molecule has 0 aromatic carbocycles. The van der Waals surface area contributed by atoms with Crippen LogP contribution in [0.2, 0.25) is 0 Å². The summed E-state index contributed by atoms with van der Waals surface area (Å²) in [6, 6.07) is 4.35. The van der Waals surface area contributed by atoms with E-state index >= 15 is 0 Å². The van der Waals surface area contributed by atoms with Crippen LogP contribution >= 0.6 is 0 Å². The Kier molecular flexibility index (Phi) is 3.09. The van der Waals surface area contributed by atoms with E-state index in [1.807, 2.05) is 0 Å². The fourth-order valence-corrected chi connectivity index (χ4v) is 2.11. The monoisotopic (exact) mass is 174 g/mol. The normalized spacial score (nSPS) is 17.7. The highest BCUT2D eigenvalue weighted by Gasteiger charge is 2.39. The molecule has 0 radical (unpaired) electrons. The average molecular weight is 174 g/mol. The molecule has 0 aliphatic heterocycles. The van der Waals surface area contributed by atoms with Gasteiger partial charge in [0.15, 0.2) is 0 Å². The van der Waals surface area contributed by atoms with Gasteiger partial charge < -0.3 is 0 Å². The molecule has 1 aliphatic carbocycles. The largest absolute Gasteiger partial charge is 0.197 e. The predicted molar refractivity (Wildman–Crippen MR) is 50.4 cm³/mol. The van der Waals surface area contributed by atoms with Crippen LogP contribution in [0, 0.1) is 34.0 Å². The molecule has 0 aromatic rings. The van der Waals surface area contributed by atoms with E-state index in [1.54, 1.807) is 6.08 Å². The molecule has 68 valence electrons. The molecule has 1 fully saturated rings. The van der Waals surface area contributed by atoms with E-state index in [0.717, 1.165) is 25.7 Å². The lowest BCUT2D eigenvalue weighted by Gasteiger charge is -2.23. The Morgan fingerprint density at radius 2 is 1.85 bits per heavy atom. The molecule has 2 heteroatoms. The van der Waals surface area contributed by atoms with Crippen molar-refractivity contribution in [2.24, 2.45) is 11.3 Å². The van der Waals surface area contributed by atoms with Crippen molar-refractivity contribution in [1.29, 1.82) is 10.5 Å². The summed E-state index contributed by atoms with van der Waals surface area (Å²) in [6.45, 7) is 3.61. The quantitative estimate of drug-likeness (QED) is 0.617. The smallest absolute Gasteiger partial charge is 0.150 e. The van der Waals surface area contributed by atoms with Crippen molar-refractivity contribution in [1.82, 2.24) is 0 Å². The summed E-state index contributed by atoms with van der Waals surface area (Å²) < 4.78 is 0. The molecule has 0 N–H and O–H groups in total. The highest BCUT2D eigenvalue weighted by Crippen LogP contribution is 2.41. The zero-order valence-electron chi connectivity index (χ0n) is 7.79. The summed E-state index contributed by atoms with van der Waals surface area (Å²) in [7, 11) is 0. The molecule has 0 spiro atoms. The van der Waals surface area contributed by atoms with Gasteiger partial charge in [0.1, 0.15) is 5.41 Å². The minimum atomic E-state index is -0.793. The van der Waals surface area contributed by atoms with Crippen LogP contribution in [0.4, 0.5) is 0 Å². The van der Waals surface area contributed by atoms with Crippen LogP contribution in [0.15, 0.2) is 12.7 Å². The number of rotatable bonds is 3. The molecule has 1 rings (SSSR count). The Bertz CT molecular complexity index is 247. The highest BCUT2D eigenvalue weighted by molar-refractivity contribution is 5.19. The number of hydrogen-bond acceptors (Lipinski definition) is 2. The van der Waals surface area contributed by atoms with E-state index in [4.69, 9.17) is 10.5 Å². The number of nitriles is 2. The van der Waals surface area contributed by atoms with Gasteiger partial charge in [0.05, 0.1) is 12.1 Å². The Hall–Kier alpha value is -1.28. The zero-order chi connectivity index (χ0) is 9.73. The maximum Gasteiger partial charge on any atom is 0.150 e. The van der Waals surface area contributed by atoms with Crippen LogP contribution in [-0.4, -0.2) is 0 Å². The number of allylic oxidation sites excluding steroid dienone is 1. The molecule has 2 nitrogen and oxygen atoms in total. The van der Waals surface area contributed by atoms with Gasteiger partial charge in [0, 0.05) is 0 Å². The first-order chi connectivity index (χ1) is 6.29. The van der Waals surface area contributed by atoms with Crippen molar-refractivity contribution in [3.05, 3.63) is 12.7 Å². The molecule has 0 amide bonds. The van der Waals surface area contributed by atoms with Gasteiger partial charge >= 0.3 is 0 Å². The fourth-order valence-electron chi connectivity index (χ4n) is 2.11. The minimum Gasteiger partial charge on any atom is -0.197 e. The third-order valence-electron chi connectivity index (χ3n) is 2.92. The van der Waals surface area contributed by atoms with E-state index in [-0.39, 0.29) is 5.92 Å². The molecule has 1 saturated carbocycles. The van der Waals surface area contributed by atoms with Crippen molar-refractivity contribution in [2.75, 3.05) is 0 Å². The maximum absolute atomic E-state index is 9.05. The van der Waals surface area contributed by atoms with Gasteiger partial charge in [-0.15, -0.1) is 6.58 Å². The molecule has 0 heterocycles. The first kappa shape index (κ1) is 9.81. The summed E-state index contributed by atoms with van der Waals surface area (Å²) in [5.74, 6) is 0.264. The molecule has 0 unspecified atom stereocenters. The van der Waals surface area contributed by atoms with Crippen molar-refractivity contribution in [2.45, 2.75) is 32.1 Å². The van der Waals surface area contributed by atoms with Gasteiger partial charge in [-0.1, -0.05) is 18.9 Å². The molecular formula is C11H14N2. The molecule has 0 saturated heterocycles. The van der Waals surface area contributed by atoms with E-state index in [1.165, 1.54) is 0 Å². The second-order valence-corrected chi connectivity index (χ2v) is 3.67. The number of hydrogen-bond donors (Lipinski definition) is 0. The molecule has 1 aliphatic rings. The highest BCUT2D eigenvalue weighted by atomic mass is 14.5. The summed E-state index contributed by atoms with van der Waals surface area (Å²) in [5.41, 5.74) is -0.793. The Labute approximate surface area is 79.5 Å². The summed E-state index contributed by atoms with van der Waals surface area (Å²) in [4.78, 5) is 0. The van der Waals surface area contributed by atoms with Crippen molar-refractivity contribution < 1.29 is 0 Å². The van der Waals surface area contributed by atoms with Crippen LogP contribution in [0.5, 0.6) is 0 Å². The van der Waals surface area contributed by atoms with Crippen molar-refractivity contribution in [3.8, 4) is 12.1 Å². The Morgan fingerprint density at radius 1 is 1.31 bits per heavy atom. The summed E-state index contributed by atoms with van der Waals surface area (Å²) in [5, 5.41) is 18.1.